The summed E-state index contributed by atoms with van der Waals surface area (Å²) in [5, 5.41) is 9.30. The second-order valence-electron chi connectivity index (χ2n) is 4.87. The van der Waals surface area contributed by atoms with Crippen LogP contribution < -0.4 is 0 Å². The van der Waals surface area contributed by atoms with Crippen LogP contribution in [-0.2, 0) is 14.3 Å². The van der Waals surface area contributed by atoms with Gasteiger partial charge in [0.05, 0.1) is 29.5 Å². The SMILES string of the molecule is CCC1=NN(C(=O)OC(C)Cl)N=C(CC)C1C1C=COC1=O. The van der Waals surface area contributed by atoms with Gasteiger partial charge in [-0.3, -0.25) is 4.79 Å². The zero-order valence-corrected chi connectivity index (χ0v) is 13.4. The molecule has 0 spiro atoms. The van der Waals surface area contributed by atoms with Crippen LogP contribution in [-0.4, -0.2) is 34.2 Å². The number of halogens is 1. The van der Waals surface area contributed by atoms with Crippen molar-refractivity contribution in [3.63, 3.8) is 0 Å². The summed E-state index contributed by atoms with van der Waals surface area (Å²) in [5.74, 6) is -1.08. The lowest BCUT2D eigenvalue weighted by molar-refractivity contribution is -0.139. The summed E-state index contributed by atoms with van der Waals surface area (Å²) in [4.78, 5) is 23.8. The van der Waals surface area contributed by atoms with Crippen LogP contribution in [0.1, 0.15) is 33.6 Å². The lowest BCUT2D eigenvalue weighted by Crippen LogP contribution is -2.40. The monoisotopic (exact) mass is 327 g/mol. The number of hydrogen-bond acceptors (Lipinski definition) is 6. The minimum Gasteiger partial charge on any atom is -0.434 e. The minimum atomic E-state index is -0.779. The van der Waals surface area contributed by atoms with Gasteiger partial charge in [-0.05, 0) is 25.8 Å². The molecule has 0 aromatic rings. The molecule has 2 heterocycles. The van der Waals surface area contributed by atoms with Gasteiger partial charge in [0.2, 0.25) is 0 Å². The molecule has 0 N–H and O–H groups in total. The highest BCUT2D eigenvalue weighted by Gasteiger charge is 2.39. The molecule has 2 aliphatic rings. The lowest BCUT2D eigenvalue weighted by atomic mass is 9.82. The van der Waals surface area contributed by atoms with Gasteiger partial charge < -0.3 is 9.47 Å². The van der Waals surface area contributed by atoms with E-state index in [0.29, 0.717) is 24.3 Å². The Morgan fingerprint density at radius 1 is 1.41 bits per heavy atom. The number of carbonyl (C=O) groups excluding carboxylic acids is 2. The molecule has 0 fully saturated rings. The van der Waals surface area contributed by atoms with E-state index >= 15 is 0 Å². The molecule has 1 amide bonds. The van der Waals surface area contributed by atoms with Crippen LogP contribution in [0.5, 0.6) is 0 Å². The van der Waals surface area contributed by atoms with Crippen molar-refractivity contribution in [1.82, 2.24) is 5.12 Å². The van der Waals surface area contributed by atoms with Gasteiger partial charge in [-0.15, -0.1) is 0 Å². The second kappa shape index (κ2) is 6.91. The number of hydrogen-bond donors (Lipinski definition) is 0. The largest absolute Gasteiger partial charge is 0.453 e. The van der Waals surface area contributed by atoms with Crippen LogP contribution >= 0.6 is 11.6 Å². The maximum atomic E-state index is 11.9. The Bertz CT molecular complexity index is 534. The molecule has 8 heteroatoms. The molecular weight excluding hydrogens is 310 g/mol. The third kappa shape index (κ3) is 3.30. The number of amides is 1. The number of carbonyl (C=O) groups is 2. The summed E-state index contributed by atoms with van der Waals surface area (Å²) in [7, 11) is 0. The first-order chi connectivity index (χ1) is 10.5. The quantitative estimate of drug-likeness (QED) is 0.587. The van der Waals surface area contributed by atoms with Gasteiger partial charge in [0.15, 0.2) is 5.56 Å². The Morgan fingerprint density at radius 3 is 2.41 bits per heavy atom. The molecule has 0 saturated carbocycles. The van der Waals surface area contributed by atoms with Crippen molar-refractivity contribution in [2.24, 2.45) is 22.0 Å². The number of ether oxygens (including phenoxy) is 2. The van der Waals surface area contributed by atoms with Gasteiger partial charge in [-0.25, -0.2) is 4.79 Å². The summed E-state index contributed by atoms with van der Waals surface area (Å²) in [5.41, 5.74) is 0.581. The second-order valence-corrected chi connectivity index (χ2v) is 5.49. The van der Waals surface area contributed by atoms with Crippen molar-refractivity contribution in [1.29, 1.82) is 0 Å². The summed E-state index contributed by atoms with van der Waals surface area (Å²) < 4.78 is 9.77. The van der Waals surface area contributed by atoms with Crippen LogP contribution in [0.2, 0.25) is 0 Å². The first kappa shape index (κ1) is 16.5. The predicted molar refractivity (Wildman–Crippen MR) is 81.3 cm³/mol. The molecule has 0 aromatic heterocycles. The molecule has 2 unspecified atom stereocenters. The highest BCUT2D eigenvalue weighted by Crippen LogP contribution is 2.29. The fourth-order valence-electron chi connectivity index (χ4n) is 2.44. The van der Waals surface area contributed by atoms with Crippen molar-refractivity contribution in [3.8, 4) is 0 Å². The van der Waals surface area contributed by atoms with Gasteiger partial charge >= 0.3 is 12.1 Å². The maximum Gasteiger partial charge on any atom is 0.453 e. The Morgan fingerprint density at radius 2 is 2.00 bits per heavy atom. The molecule has 2 aliphatic heterocycles. The summed E-state index contributed by atoms with van der Waals surface area (Å²) in [6.45, 7) is 5.34. The average molecular weight is 328 g/mol. The first-order valence-electron chi connectivity index (χ1n) is 7.14. The van der Waals surface area contributed by atoms with Crippen molar-refractivity contribution in [3.05, 3.63) is 12.3 Å². The van der Waals surface area contributed by atoms with Gasteiger partial charge in [0.1, 0.15) is 0 Å². The molecule has 2 rings (SSSR count). The third-order valence-corrected chi connectivity index (χ3v) is 3.51. The number of nitrogens with zero attached hydrogens (tertiary/aromatic N) is 3. The molecule has 7 nitrogen and oxygen atoms in total. The minimum absolute atomic E-state index is 0.293. The standard InChI is InChI=1S/C14H18ClN3O4/c1-4-10-12(9-6-7-21-13(9)19)11(5-2)17-18(16-10)14(20)22-8(3)15/h6-9,12H,4-5H2,1-3H3. The molecule has 0 aromatic carbocycles. The predicted octanol–water partition coefficient (Wildman–Crippen LogP) is 2.86. The fraction of sp³-hybridized carbons (Fsp3) is 0.571. The molecule has 2 atom stereocenters. The molecule has 0 saturated heterocycles. The van der Waals surface area contributed by atoms with Crippen molar-refractivity contribution in [2.75, 3.05) is 0 Å². The summed E-state index contributed by atoms with van der Waals surface area (Å²) >= 11 is 5.65. The van der Waals surface area contributed by atoms with E-state index in [1.165, 1.54) is 13.2 Å². The zero-order valence-electron chi connectivity index (χ0n) is 12.7. The highest BCUT2D eigenvalue weighted by molar-refractivity contribution is 6.20. The normalized spacial score (nSPS) is 23.0. The van der Waals surface area contributed by atoms with E-state index in [4.69, 9.17) is 21.1 Å². The van der Waals surface area contributed by atoms with Crippen LogP contribution in [0, 0.1) is 11.8 Å². The van der Waals surface area contributed by atoms with Crippen molar-refractivity contribution < 1.29 is 19.1 Å². The number of cyclic esters (lactones) is 1. The number of alkyl halides is 1. The summed E-state index contributed by atoms with van der Waals surface area (Å²) in [6, 6.07) is 0. The van der Waals surface area contributed by atoms with Crippen LogP contribution in [0.3, 0.4) is 0 Å². The Balaban J connectivity index is 2.30. The smallest absolute Gasteiger partial charge is 0.434 e. The molecule has 22 heavy (non-hydrogen) atoms. The van der Waals surface area contributed by atoms with Crippen molar-refractivity contribution >= 4 is 35.1 Å². The molecule has 120 valence electrons. The van der Waals surface area contributed by atoms with E-state index in [0.717, 1.165) is 5.12 Å². The lowest BCUT2D eigenvalue weighted by Gasteiger charge is -2.29. The Hall–Kier alpha value is -1.89. The van der Waals surface area contributed by atoms with Gasteiger partial charge in [-0.1, -0.05) is 30.6 Å². The Kier molecular flexibility index (Phi) is 5.18. The van der Waals surface area contributed by atoms with Crippen molar-refractivity contribution in [2.45, 2.75) is 39.2 Å². The third-order valence-electron chi connectivity index (χ3n) is 3.42. The number of hydrazone groups is 2. The topological polar surface area (TPSA) is 80.6 Å². The van der Waals surface area contributed by atoms with E-state index < -0.39 is 17.6 Å². The molecule has 0 aliphatic carbocycles. The van der Waals surface area contributed by atoms with E-state index in [1.54, 1.807) is 6.08 Å². The average Bonchev–Trinajstić information content (AvgIpc) is 2.90. The maximum absolute atomic E-state index is 11.9. The van der Waals surface area contributed by atoms with E-state index in [-0.39, 0.29) is 11.9 Å². The molecular formula is C14H18ClN3O4. The molecule has 0 radical (unpaired) electrons. The van der Waals surface area contributed by atoms with Gasteiger partial charge in [0.25, 0.3) is 0 Å². The molecule has 0 bridgehead atoms. The van der Waals surface area contributed by atoms with Gasteiger partial charge in [0, 0.05) is 0 Å². The zero-order chi connectivity index (χ0) is 16.3. The number of esters is 1. The first-order valence-corrected chi connectivity index (χ1v) is 7.58. The number of rotatable bonds is 4. The van der Waals surface area contributed by atoms with E-state index in [2.05, 4.69) is 10.2 Å². The van der Waals surface area contributed by atoms with Crippen LogP contribution in [0.25, 0.3) is 0 Å². The van der Waals surface area contributed by atoms with Gasteiger partial charge in [-0.2, -0.15) is 10.2 Å². The van der Waals surface area contributed by atoms with E-state index in [1.807, 2.05) is 13.8 Å². The fourth-order valence-corrected chi connectivity index (χ4v) is 2.52. The van der Waals surface area contributed by atoms with Crippen LogP contribution in [0.4, 0.5) is 4.79 Å². The van der Waals surface area contributed by atoms with E-state index in [9.17, 15) is 9.59 Å². The Labute approximate surface area is 133 Å². The van der Waals surface area contributed by atoms with Crippen LogP contribution in [0.15, 0.2) is 22.5 Å². The summed E-state index contributed by atoms with van der Waals surface area (Å²) in [6.07, 6.45) is 3.47. The highest BCUT2D eigenvalue weighted by atomic mass is 35.5.